The Labute approximate surface area is 134 Å². The number of rotatable bonds is 3. The van der Waals surface area contributed by atoms with E-state index in [4.69, 9.17) is 9.47 Å². The molecule has 120 valence electrons. The quantitative estimate of drug-likeness (QED) is 0.866. The molecule has 6 nitrogen and oxygen atoms in total. The van der Waals surface area contributed by atoms with Crippen LogP contribution in [0.2, 0.25) is 0 Å². The van der Waals surface area contributed by atoms with E-state index in [1.807, 2.05) is 46.1 Å². The van der Waals surface area contributed by atoms with Crippen LogP contribution in [0.3, 0.4) is 0 Å². The molecule has 1 aromatic carbocycles. The number of nitrogens with zero attached hydrogens (tertiary/aromatic N) is 3. The molecule has 1 saturated heterocycles. The summed E-state index contributed by atoms with van der Waals surface area (Å²) < 4.78 is 13.4. The highest BCUT2D eigenvalue weighted by atomic mass is 16.6. The van der Waals surface area contributed by atoms with Crippen LogP contribution in [0, 0.1) is 0 Å². The van der Waals surface area contributed by atoms with Gasteiger partial charge in [-0.3, -0.25) is 9.48 Å². The Morgan fingerprint density at radius 3 is 2.96 bits per heavy atom. The van der Waals surface area contributed by atoms with Gasteiger partial charge in [0.1, 0.15) is 6.61 Å². The molecule has 0 radical (unpaired) electrons. The van der Waals surface area contributed by atoms with E-state index in [1.165, 1.54) is 0 Å². The van der Waals surface area contributed by atoms with Crippen LogP contribution >= 0.6 is 0 Å². The minimum atomic E-state index is -0.567. The SMILES string of the molecule is O=C([C@@H]1COc2ccccc2O1)N1CCC[C@H]1Cn1cccn1. The number of benzene rings is 1. The highest BCUT2D eigenvalue weighted by Crippen LogP contribution is 2.32. The molecule has 6 heteroatoms. The second-order valence-corrected chi connectivity index (χ2v) is 5.92. The summed E-state index contributed by atoms with van der Waals surface area (Å²) in [5.74, 6) is 1.35. The molecule has 0 saturated carbocycles. The summed E-state index contributed by atoms with van der Waals surface area (Å²) in [5, 5.41) is 4.24. The summed E-state index contributed by atoms with van der Waals surface area (Å²) in [4.78, 5) is 14.8. The average Bonchev–Trinajstić information content (AvgIpc) is 3.26. The van der Waals surface area contributed by atoms with Gasteiger partial charge in [0, 0.05) is 18.9 Å². The highest BCUT2D eigenvalue weighted by molar-refractivity contribution is 5.82. The monoisotopic (exact) mass is 313 g/mol. The lowest BCUT2D eigenvalue weighted by Crippen LogP contribution is -2.49. The zero-order valence-electron chi connectivity index (χ0n) is 12.8. The zero-order valence-corrected chi connectivity index (χ0v) is 12.8. The second-order valence-electron chi connectivity index (χ2n) is 5.92. The number of aromatic nitrogens is 2. The van der Waals surface area contributed by atoms with Crippen molar-refractivity contribution in [3.63, 3.8) is 0 Å². The van der Waals surface area contributed by atoms with Crippen molar-refractivity contribution in [2.24, 2.45) is 0 Å². The van der Waals surface area contributed by atoms with Gasteiger partial charge in [-0.05, 0) is 31.0 Å². The molecular weight excluding hydrogens is 294 g/mol. The fourth-order valence-electron chi connectivity index (χ4n) is 3.27. The molecule has 3 heterocycles. The molecule has 23 heavy (non-hydrogen) atoms. The van der Waals surface area contributed by atoms with E-state index >= 15 is 0 Å². The average molecular weight is 313 g/mol. The Balaban J connectivity index is 1.46. The van der Waals surface area contributed by atoms with Gasteiger partial charge < -0.3 is 14.4 Å². The van der Waals surface area contributed by atoms with Crippen molar-refractivity contribution in [1.29, 1.82) is 0 Å². The van der Waals surface area contributed by atoms with Crippen LogP contribution in [-0.2, 0) is 11.3 Å². The molecule has 1 fully saturated rings. The van der Waals surface area contributed by atoms with Crippen molar-refractivity contribution in [3.8, 4) is 11.5 Å². The van der Waals surface area contributed by atoms with E-state index in [9.17, 15) is 4.79 Å². The minimum Gasteiger partial charge on any atom is -0.485 e. The Bertz CT molecular complexity index is 686. The van der Waals surface area contributed by atoms with Gasteiger partial charge in [0.15, 0.2) is 11.5 Å². The molecule has 0 bridgehead atoms. The van der Waals surface area contributed by atoms with Crippen LogP contribution in [-0.4, -0.2) is 45.9 Å². The van der Waals surface area contributed by atoms with Gasteiger partial charge in [-0.15, -0.1) is 0 Å². The molecule has 4 rings (SSSR count). The van der Waals surface area contributed by atoms with Crippen molar-refractivity contribution >= 4 is 5.91 Å². The number of hydrogen-bond acceptors (Lipinski definition) is 4. The number of fused-ring (bicyclic) bond motifs is 1. The van der Waals surface area contributed by atoms with Gasteiger partial charge in [-0.1, -0.05) is 12.1 Å². The second kappa shape index (κ2) is 5.95. The number of carbonyl (C=O) groups is 1. The fraction of sp³-hybridized carbons (Fsp3) is 0.412. The molecule has 0 spiro atoms. The van der Waals surface area contributed by atoms with Gasteiger partial charge >= 0.3 is 0 Å². The molecule has 0 N–H and O–H groups in total. The van der Waals surface area contributed by atoms with Crippen molar-refractivity contribution in [2.75, 3.05) is 13.2 Å². The normalized spacial score (nSPS) is 23.0. The van der Waals surface area contributed by atoms with E-state index in [0.717, 1.165) is 25.9 Å². The third-order valence-corrected chi connectivity index (χ3v) is 4.40. The maximum absolute atomic E-state index is 12.8. The summed E-state index contributed by atoms with van der Waals surface area (Å²) >= 11 is 0. The molecule has 0 aliphatic carbocycles. The minimum absolute atomic E-state index is 0.00848. The third kappa shape index (κ3) is 2.76. The maximum atomic E-state index is 12.8. The summed E-state index contributed by atoms with van der Waals surface area (Å²) in [5.41, 5.74) is 0. The van der Waals surface area contributed by atoms with Crippen molar-refractivity contribution in [2.45, 2.75) is 31.5 Å². The first kappa shape index (κ1) is 14.1. The van der Waals surface area contributed by atoms with E-state index in [2.05, 4.69) is 5.10 Å². The lowest BCUT2D eigenvalue weighted by atomic mass is 10.2. The fourth-order valence-corrected chi connectivity index (χ4v) is 3.27. The molecule has 2 aromatic rings. The molecule has 2 aliphatic heterocycles. The third-order valence-electron chi connectivity index (χ3n) is 4.40. The number of carbonyl (C=O) groups excluding carboxylic acids is 1. The Morgan fingerprint density at radius 1 is 1.26 bits per heavy atom. The Hall–Kier alpha value is -2.50. The maximum Gasteiger partial charge on any atom is 0.267 e. The predicted octanol–water partition coefficient (Wildman–Crippen LogP) is 1.71. The summed E-state index contributed by atoms with van der Waals surface area (Å²) in [6.45, 7) is 1.76. The smallest absolute Gasteiger partial charge is 0.267 e. The number of hydrogen-bond donors (Lipinski definition) is 0. The first-order valence-electron chi connectivity index (χ1n) is 7.97. The van der Waals surface area contributed by atoms with Crippen LogP contribution in [0.1, 0.15) is 12.8 Å². The Kier molecular flexibility index (Phi) is 3.65. The predicted molar refractivity (Wildman–Crippen MR) is 83.3 cm³/mol. The number of amides is 1. The number of ether oxygens (including phenoxy) is 2. The topological polar surface area (TPSA) is 56.6 Å². The van der Waals surface area contributed by atoms with Crippen molar-refractivity contribution < 1.29 is 14.3 Å². The highest BCUT2D eigenvalue weighted by Gasteiger charge is 2.36. The molecule has 1 aromatic heterocycles. The zero-order chi connectivity index (χ0) is 15.6. The number of para-hydroxylation sites is 2. The molecule has 0 unspecified atom stereocenters. The van der Waals surface area contributed by atoms with Crippen molar-refractivity contribution in [3.05, 3.63) is 42.7 Å². The van der Waals surface area contributed by atoms with E-state index in [0.29, 0.717) is 11.5 Å². The Morgan fingerprint density at radius 2 is 2.13 bits per heavy atom. The molecule has 2 atom stereocenters. The summed E-state index contributed by atoms with van der Waals surface area (Å²) in [7, 11) is 0. The van der Waals surface area contributed by atoms with E-state index in [1.54, 1.807) is 6.20 Å². The van der Waals surface area contributed by atoms with Gasteiger partial charge in [0.05, 0.1) is 12.6 Å². The van der Waals surface area contributed by atoms with Crippen LogP contribution in [0.15, 0.2) is 42.7 Å². The standard InChI is InChI=1S/C17H19N3O3/c21-17(16-12-22-14-6-1-2-7-15(14)23-16)20-10-3-5-13(20)11-19-9-4-8-18-19/h1-2,4,6-9,13,16H,3,5,10-12H2/t13-,16-/m0/s1. The van der Waals surface area contributed by atoms with Gasteiger partial charge in [-0.2, -0.15) is 5.10 Å². The number of likely N-dealkylation sites (tertiary alicyclic amines) is 1. The largest absolute Gasteiger partial charge is 0.485 e. The van der Waals surface area contributed by atoms with Gasteiger partial charge in [0.2, 0.25) is 6.10 Å². The van der Waals surface area contributed by atoms with Gasteiger partial charge in [-0.25, -0.2) is 0 Å². The van der Waals surface area contributed by atoms with E-state index < -0.39 is 6.10 Å². The molecule has 1 amide bonds. The lowest BCUT2D eigenvalue weighted by molar-refractivity contribution is -0.142. The lowest BCUT2D eigenvalue weighted by Gasteiger charge is -2.31. The van der Waals surface area contributed by atoms with Crippen LogP contribution in [0.25, 0.3) is 0 Å². The summed E-state index contributed by atoms with van der Waals surface area (Å²) in [6.07, 6.45) is 5.13. The van der Waals surface area contributed by atoms with Crippen LogP contribution < -0.4 is 9.47 Å². The first-order chi connectivity index (χ1) is 11.3. The first-order valence-corrected chi connectivity index (χ1v) is 7.97. The van der Waals surface area contributed by atoms with Crippen LogP contribution in [0.4, 0.5) is 0 Å². The molecule has 2 aliphatic rings. The van der Waals surface area contributed by atoms with Gasteiger partial charge in [0.25, 0.3) is 5.91 Å². The summed E-state index contributed by atoms with van der Waals surface area (Å²) in [6, 6.07) is 9.53. The molecular formula is C17H19N3O3. The van der Waals surface area contributed by atoms with Crippen molar-refractivity contribution in [1.82, 2.24) is 14.7 Å². The van der Waals surface area contributed by atoms with E-state index in [-0.39, 0.29) is 18.6 Å². The van der Waals surface area contributed by atoms with Crippen LogP contribution in [0.5, 0.6) is 11.5 Å².